The Bertz CT molecular complexity index is 1340. The summed E-state index contributed by atoms with van der Waals surface area (Å²) in [6.45, 7) is 2.60. The number of thiazole rings is 2. The first-order chi connectivity index (χ1) is 14.4. The van der Waals surface area contributed by atoms with E-state index in [4.69, 9.17) is 0 Å². The van der Waals surface area contributed by atoms with E-state index in [-0.39, 0.29) is 12.5 Å². The van der Waals surface area contributed by atoms with E-state index in [1.165, 1.54) is 27.0 Å². The van der Waals surface area contributed by atoms with Crippen LogP contribution in [-0.4, -0.2) is 41.7 Å². The Morgan fingerprint density at radius 3 is 2.90 bits per heavy atom. The van der Waals surface area contributed by atoms with Gasteiger partial charge in [-0.3, -0.25) is 4.79 Å². The summed E-state index contributed by atoms with van der Waals surface area (Å²) in [6.07, 6.45) is 1.31. The van der Waals surface area contributed by atoms with Crippen molar-refractivity contribution >= 4 is 75.5 Å². The smallest absolute Gasteiger partial charge is 0.252 e. The minimum Gasteiger partial charge on any atom is -0.302 e. The first-order valence-electron chi connectivity index (χ1n) is 9.43. The summed E-state index contributed by atoms with van der Waals surface area (Å²) >= 11 is 4.24. The summed E-state index contributed by atoms with van der Waals surface area (Å²) in [4.78, 5) is 22.0. The molecular weight excluding hydrogens is 461 g/mol. The molecule has 1 amide bonds. The molecule has 1 atom stereocenters. The predicted molar refractivity (Wildman–Crippen MR) is 122 cm³/mol. The number of piperidine rings is 1. The third-order valence-corrected chi connectivity index (χ3v) is 10.3. The van der Waals surface area contributed by atoms with Crippen LogP contribution in [0.2, 0.25) is 0 Å². The third kappa shape index (κ3) is 3.54. The maximum atomic E-state index is 12.9. The maximum absolute atomic E-state index is 12.9. The van der Waals surface area contributed by atoms with Crippen LogP contribution in [0.4, 0.5) is 5.13 Å². The van der Waals surface area contributed by atoms with E-state index in [1.54, 1.807) is 28.8 Å². The van der Waals surface area contributed by atoms with Gasteiger partial charge >= 0.3 is 0 Å². The summed E-state index contributed by atoms with van der Waals surface area (Å²) in [5.41, 5.74) is 1.72. The Morgan fingerprint density at radius 1 is 1.23 bits per heavy atom. The number of hydrogen-bond acceptors (Lipinski definition) is 8. The fourth-order valence-corrected chi connectivity index (χ4v) is 8.19. The Balaban J connectivity index is 1.35. The molecule has 1 saturated heterocycles. The highest BCUT2D eigenvalue weighted by atomic mass is 32.2. The number of carbonyl (C=O) groups excluding carboxylic acids is 1. The van der Waals surface area contributed by atoms with Gasteiger partial charge in [-0.1, -0.05) is 17.4 Å². The molecule has 0 aliphatic carbocycles. The van der Waals surface area contributed by atoms with Crippen LogP contribution in [0.25, 0.3) is 20.4 Å². The zero-order valence-electron chi connectivity index (χ0n) is 16.0. The van der Waals surface area contributed by atoms with Crippen molar-refractivity contribution in [2.24, 2.45) is 5.92 Å². The van der Waals surface area contributed by atoms with Crippen molar-refractivity contribution in [1.29, 1.82) is 0 Å². The molecule has 156 valence electrons. The fourth-order valence-electron chi connectivity index (χ4n) is 3.66. The van der Waals surface area contributed by atoms with Crippen molar-refractivity contribution in [3.63, 3.8) is 0 Å². The quantitative estimate of drug-likeness (QED) is 0.472. The second-order valence-corrected chi connectivity index (χ2v) is 12.5. The molecule has 5 rings (SSSR count). The number of amides is 1. The molecule has 0 saturated carbocycles. The SMILES string of the molecule is Cc1nc2c(ccc3nc(NC(=O)C4CCCN(S(=O)(=O)c5cccs5)C4)sc32)s1. The first-order valence-corrected chi connectivity index (χ1v) is 13.4. The number of carbonyl (C=O) groups is 1. The topological polar surface area (TPSA) is 92.3 Å². The minimum absolute atomic E-state index is 0.187. The lowest BCUT2D eigenvalue weighted by Gasteiger charge is -2.30. The van der Waals surface area contributed by atoms with Crippen LogP contribution in [-0.2, 0) is 14.8 Å². The van der Waals surface area contributed by atoms with Gasteiger partial charge in [0.15, 0.2) is 5.13 Å². The summed E-state index contributed by atoms with van der Waals surface area (Å²) in [7, 11) is -3.55. The van der Waals surface area contributed by atoms with Crippen LogP contribution in [0.1, 0.15) is 17.8 Å². The van der Waals surface area contributed by atoms with E-state index in [0.717, 1.165) is 25.4 Å². The number of aromatic nitrogens is 2. The van der Waals surface area contributed by atoms with Gasteiger partial charge in [-0.25, -0.2) is 18.4 Å². The van der Waals surface area contributed by atoms with Crippen molar-refractivity contribution in [3.8, 4) is 0 Å². The molecule has 3 aromatic heterocycles. The second-order valence-electron chi connectivity index (χ2n) is 7.14. The van der Waals surface area contributed by atoms with Gasteiger partial charge in [-0.05, 0) is 43.3 Å². The molecule has 1 aliphatic rings. The molecule has 1 unspecified atom stereocenters. The van der Waals surface area contributed by atoms with E-state index in [0.29, 0.717) is 28.7 Å². The molecular formula is C19H18N4O3S4. The van der Waals surface area contributed by atoms with Gasteiger partial charge in [0.05, 0.1) is 25.8 Å². The molecule has 1 aromatic carbocycles. The van der Waals surface area contributed by atoms with Gasteiger partial charge in [-0.15, -0.1) is 22.7 Å². The van der Waals surface area contributed by atoms with Crippen LogP contribution in [0.15, 0.2) is 33.9 Å². The summed E-state index contributed by atoms with van der Waals surface area (Å²) in [5, 5.41) is 6.16. The number of anilines is 1. The van der Waals surface area contributed by atoms with Crippen LogP contribution in [0.5, 0.6) is 0 Å². The number of sulfonamides is 1. The molecule has 11 heteroatoms. The Kier molecular flexibility index (Phi) is 5.10. The van der Waals surface area contributed by atoms with E-state index >= 15 is 0 Å². The van der Waals surface area contributed by atoms with E-state index in [9.17, 15) is 13.2 Å². The highest BCUT2D eigenvalue weighted by Crippen LogP contribution is 2.35. The standard InChI is InChI=1S/C19H18N4O3S4/c1-11-20-16-14(28-11)7-6-13-17(16)29-19(21-13)22-18(24)12-4-2-8-23(10-12)30(25,26)15-5-3-9-27-15/h3,5-7,9,12H,2,4,8,10H2,1H3,(H,21,22,24). The number of benzene rings is 1. The van der Waals surface area contributed by atoms with Gasteiger partial charge in [0, 0.05) is 13.1 Å². The number of hydrogen-bond donors (Lipinski definition) is 1. The van der Waals surface area contributed by atoms with Gasteiger partial charge in [0.2, 0.25) is 5.91 Å². The number of fused-ring (bicyclic) bond motifs is 3. The first kappa shape index (κ1) is 20.0. The number of nitrogens with zero attached hydrogens (tertiary/aromatic N) is 3. The van der Waals surface area contributed by atoms with Crippen LogP contribution in [0, 0.1) is 12.8 Å². The zero-order valence-corrected chi connectivity index (χ0v) is 19.3. The van der Waals surface area contributed by atoms with Crippen LogP contribution >= 0.6 is 34.0 Å². The maximum Gasteiger partial charge on any atom is 0.252 e. The predicted octanol–water partition coefficient (Wildman–Crippen LogP) is 4.32. The molecule has 30 heavy (non-hydrogen) atoms. The van der Waals surface area contributed by atoms with Gasteiger partial charge in [0.1, 0.15) is 9.73 Å². The lowest BCUT2D eigenvalue weighted by atomic mass is 9.99. The Hall–Kier alpha value is -1.92. The van der Waals surface area contributed by atoms with Gasteiger partial charge in [-0.2, -0.15) is 4.31 Å². The van der Waals surface area contributed by atoms with Crippen molar-refractivity contribution in [2.75, 3.05) is 18.4 Å². The summed E-state index contributed by atoms with van der Waals surface area (Å²) < 4.78 is 29.4. The highest BCUT2D eigenvalue weighted by molar-refractivity contribution is 7.91. The lowest BCUT2D eigenvalue weighted by Crippen LogP contribution is -2.43. The third-order valence-electron chi connectivity index (χ3n) is 5.10. The lowest BCUT2D eigenvalue weighted by molar-refractivity contribution is -0.120. The number of nitrogens with one attached hydrogen (secondary N) is 1. The number of thiophene rings is 1. The average Bonchev–Trinajstić information content (AvgIpc) is 3.46. The molecule has 0 radical (unpaired) electrons. The summed E-state index contributed by atoms with van der Waals surface area (Å²) in [6, 6.07) is 7.27. The fraction of sp³-hybridized carbons (Fsp3) is 0.316. The van der Waals surface area contributed by atoms with E-state index < -0.39 is 15.9 Å². The largest absolute Gasteiger partial charge is 0.302 e. The summed E-state index contributed by atoms with van der Waals surface area (Å²) in [5.74, 6) is -0.590. The average molecular weight is 479 g/mol. The molecule has 1 fully saturated rings. The Morgan fingerprint density at radius 2 is 2.10 bits per heavy atom. The van der Waals surface area contributed by atoms with E-state index in [2.05, 4.69) is 15.3 Å². The molecule has 0 bridgehead atoms. The number of rotatable bonds is 4. The number of aryl methyl sites for hydroxylation is 1. The van der Waals surface area contributed by atoms with Gasteiger partial charge < -0.3 is 5.32 Å². The van der Waals surface area contributed by atoms with Gasteiger partial charge in [0.25, 0.3) is 10.0 Å². The van der Waals surface area contributed by atoms with E-state index in [1.807, 2.05) is 19.1 Å². The van der Waals surface area contributed by atoms with Crippen LogP contribution in [0.3, 0.4) is 0 Å². The monoisotopic (exact) mass is 478 g/mol. The van der Waals surface area contributed by atoms with Crippen molar-refractivity contribution < 1.29 is 13.2 Å². The molecule has 4 aromatic rings. The zero-order chi connectivity index (χ0) is 20.9. The molecule has 4 heterocycles. The van der Waals surface area contributed by atoms with Crippen molar-refractivity contribution in [3.05, 3.63) is 34.7 Å². The molecule has 1 aliphatic heterocycles. The minimum atomic E-state index is -3.55. The second kappa shape index (κ2) is 7.65. The highest BCUT2D eigenvalue weighted by Gasteiger charge is 2.34. The normalized spacial score (nSPS) is 18.2. The molecule has 1 N–H and O–H groups in total. The molecule has 7 nitrogen and oxygen atoms in total. The molecule has 0 spiro atoms. The van der Waals surface area contributed by atoms with Crippen molar-refractivity contribution in [1.82, 2.24) is 14.3 Å². The van der Waals surface area contributed by atoms with Crippen molar-refractivity contribution in [2.45, 2.75) is 24.0 Å². The van der Waals surface area contributed by atoms with Crippen LogP contribution < -0.4 is 5.32 Å². The Labute approximate surface area is 185 Å².